The highest BCUT2D eigenvalue weighted by Crippen LogP contribution is 2.15. The molecule has 3 nitrogen and oxygen atoms in total. The fourth-order valence-corrected chi connectivity index (χ4v) is 2.40. The topological polar surface area (TPSA) is 41.1 Å². The lowest BCUT2D eigenvalue weighted by molar-refractivity contribution is -0.125. The summed E-state index contributed by atoms with van der Waals surface area (Å²) in [6.07, 6.45) is 0.938. The molecule has 1 fully saturated rings. The van der Waals surface area contributed by atoms with Gasteiger partial charge in [0.15, 0.2) is 0 Å². The third kappa shape index (κ3) is 3.30. The zero-order valence-corrected chi connectivity index (χ0v) is 11.5. The van der Waals surface area contributed by atoms with Crippen LogP contribution < -0.4 is 10.6 Å². The van der Waals surface area contributed by atoms with Gasteiger partial charge in [0, 0.05) is 17.1 Å². The zero-order valence-electron chi connectivity index (χ0n) is 9.87. The van der Waals surface area contributed by atoms with Gasteiger partial charge in [-0.3, -0.25) is 4.79 Å². The van der Waals surface area contributed by atoms with Gasteiger partial charge in [0.2, 0.25) is 5.91 Å². The molecule has 1 aromatic rings. The normalized spacial score (nSPS) is 23.6. The van der Waals surface area contributed by atoms with E-state index < -0.39 is 0 Å². The number of carbonyl (C=O) groups is 1. The van der Waals surface area contributed by atoms with E-state index in [0.717, 1.165) is 23.0 Å². The van der Waals surface area contributed by atoms with Gasteiger partial charge in [-0.15, -0.1) is 0 Å². The molecule has 0 bridgehead atoms. The summed E-state index contributed by atoms with van der Waals surface area (Å²) < 4.78 is 1.06. The Hall–Kier alpha value is -0.870. The summed E-state index contributed by atoms with van der Waals surface area (Å²) in [6, 6.07) is 8.30. The van der Waals surface area contributed by atoms with Crippen LogP contribution in [0, 0.1) is 5.92 Å². The Balaban J connectivity index is 1.85. The second kappa shape index (κ2) is 5.65. The first-order valence-electron chi connectivity index (χ1n) is 5.92. The Morgan fingerprint density at radius 1 is 1.47 bits per heavy atom. The highest BCUT2D eigenvalue weighted by molar-refractivity contribution is 9.10. The first-order valence-corrected chi connectivity index (χ1v) is 6.71. The molecule has 92 valence electrons. The summed E-state index contributed by atoms with van der Waals surface area (Å²) in [5, 5.41) is 6.29. The average Bonchev–Trinajstić information content (AvgIpc) is 2.74. The number of carbonyl (C=O) groups excluding carboxylic acids is 1. The third-order valence-electron chi connectivity index (χ3n) is 3.24. The number of hydrogen-bond acceptors (Lipinski definition) is 2. The van der Waals surface area contributed by atoms with Crippen molar-refractivity contribution in [3.63, 3.8) is 0 Å². The summed E-state index contributed by atoms with van der Waals surface area (Å²) in [5.41, 5.74) is 1.13. The number of halogens is 1. The van der Waals surface area contributed by atoms with Crippen LogP contribution in [0.3, 0.4) is 0 Å². The van der Waals surface area contributed by atoms with Crippen molar-refractivity contribution in [3.05, 3.63) is 34.3 Å². The van der Waals surface area contributed by atoms with Gasteiger partial charge in [-0.2, -0.15) is 0 Å². The minimum Gasteiger partial charge on any atom is -0.352 e. The lowest BCUT2D eigenvalue weighted by atomic mass is 10.0. The number of hydrogen-bond donors (Lipinski definition) is 2. The van der Waals surface area contributed by atoms with Crippen LogP contribution in [0.15, 0.2) is 28.7 Å². The minimum atomic E-state index is 0.116. The molecule has 4 heteroatoms. The van der Waals surface area contributed by atoms with Crippen LogP contribution in [0.1, 0.15) is 18.9 Å². The molecule has 2 unspecified atom stereocenters. The first kappa shape index (κ1) is 12.6. The summed E-state index contributed by atoms with van der Waals surface area (Å²) in [7, 11) is 0. The van der Waals surface area contributed by atoms with Crippen molar-refractivity contribution >= 4 is 21.8 Å². The lowest BCUT2D eigenvalue weighted by Gasteiger charge is -2.14. The molecule has 2 N–H and O–H groups in total. The molecule has 1 heterocycles. The smallest absolute Gasteiger partial charge is 0.224 e. The Morgan fingerprint density at radius 2 is 2.18 bits per heavy atom. The maximum absolute atomic E-state index is 11.9. The monoisotopic (exact) mass is 296 g/mol. The van der Waals surface area contributed by atoms with Gasteiger partial charge in [0.25, 0.3) is 0 Å². The van der Waals surface area contributed by atoms with Crippen molar-refractivity contribution in [1.29, 1.82) is 0 Å². The molecule has 1 aliphatic rings. The van der Waals surface area contributed by atoms with E-state index in [0.29, 0.717) is 12.6 Å². The van der Waals surface area contributed by atoms with Crippen molar-refractivity contribution in [2.24, 2.45) is 5.92 Å². The summed E-state index contributed by atoms with van der Waals surface area (Å²) >= 11 is 3.39. The highest BCUT2D eigenvalue weighted by Gasteiger charge is 2.28. The van der Waals surface area contributed by atoms with E-state index in [2.05, 4.69) is 33.5 Å². The molecule has 0 aliphatic carbocycles. The third-order valence-corrected chi connectivity index (χ3v) is 3.77. The van der Waals surface area contributed by atoms with Crippen molar-refractivity contribution in [1.82, 2.24) is 10.6 Å². The van der Waals surface area contributed by atoms with E-state index in [9.17, 15) is 4.79 Å². The van der Waals surface area contributed by atoms with Crippen LogP contribution in [0.5, 0.6) is 0 Å². The molecule has 1 aromatic carbocycles. The number of benzene rings is 1. The van der Waals surface area contributed by atoms with Crippen molar-refractivity contribution in [2.45, 2.75) is 25.9 Å². The Labute approximate surface area is 110 Å². The van der Waals surface area contributed by atoms with E-state index in [4.69, 9.17) is 0 Å². The molecular weight excluding hydrogens is 280 g/mol. The predicted octanol–water partition coefficient (Wildman–Crippen LogP) is 2.06. The van der Waals surface area contributed by atoms with Gasteiger partial charge in [-0.1, -0.05) is 28.1 Å². The van der Waals surface area contributed by atoms with Gasteiger partial charge < -0.3 is 10.6 Å². The van der Waals surface area contributed by atoms with Crippen molar-refractivity contribution in [3.8, 4) is 0 Å². The quantitative estimate of drug-likeness (QED) is 0.896. The number of rotatable bonds is 3. The Bertz CT molecular complexity index is 391. The van der Waals surface area contributed by atoms with Crippen LogP contribution in [0.25, 0.3) is 0 Å². The maximum Gasteiger partial charge on any atom is 0.224 e. The predicted molar refractivity (Wildman–Crippen MR) is 71.6 cm³/mol. The fraction of sp³-hybridized carbons (Fsp3) is 0.462. The standard InChI is InChI=1S/C13H17BrN2O/c1-9-12(6-7-15-9)13(17)16-8-10-2-4-11(14)5-3-10/h2-5,9,12,15H,6-8H2,1H3,(H,16,17). The van der Waals surface area contributed by atoms with Gasteiger partial charge in [-0.25, -0.2) is 0 Å². The van der Waals surface area contributed by atoms with Crippen LogP contribution in [-0.4, -0.2) is 18.5 Å². The van der Waals surface area contributed by atoms with Gasteiger partial charge >= 0.3 is 0 Å². The summed E-state index contributed by atoms with van der Waals surface area (Å²) in [4.78, 5) is 11.9. The highest BCUT2D eigenvalue weighted by atomic mass is 79.9. The second-order valence-corrected chi connectivity index (χ2v) is 5.40. The molecule has 17 heavy (non-hydrogen) atoms. The fourth-order valence-electron chi connectivity index (χ4n) is 2.14. The summed E-state index contributed by atoms with van der Waals surface area (Å²) in [6.45, 7) is 3.61. The molecule has 0 radical (unpaired) electrons. The maximum atomic E-state index is 11.9. The van der Waals surface area contributed by atoms with E-state index in [1.54, 1.807) is 0 Å². The van der Waals surface area contributed by atoms with E-state index >= 15 is 0 Å². The average molecular weight is 297 g/mol. The van der Waals surface area contributed by atoms with Crippen LogP contribution >= 0.6 is 15.9 Å². The van der Waals surface area contributed by atoms with E-state index in [-0.39, 0.29) is 11.8 Å². The molecule has 1 aliphatic heterocycles. The van der Waals surface area contributed by atoms with Crippen LogP contribution in [-0.2, 0) is 11.3 Å². The molecule has 0 aromatic heterocycles. The Kier molecular flexibility index (Phi) is 4.18. The van der Waals surface area contributed by atoms with E-state index in [1.807, 2.05) is 24.3 Å². The molecule has 0 saturated carbocycles. The van der Waals surface area contributed by atoms with Crippen molar-refractivity contribution in [2.75, 3.05) is 6.54 Å². The first-order chi connectivity index (χ1) is 8.16. The molecular formula is C13H17BrN2O. The molecule has 2 atom stereocenters. The zero-order chi connectivity index (χ0) is 12.3. The largest absolute Gasteiger partial charge is 0.352 e. The van der Waals surface area contributed by atoms with Crippen molar-refractivity contribution < 1.29 is 4.79 Å². The molecule has 0 spiro atoms. The van der Waals surface area contributed by atoms with Gasteiger partial charge in [0.1, 0.15) is 0 Å². The van der Waals surface area contributed by atoms with E-state index in [1.165, 1.54) is 0 Å². The molecule has 1 amide bonds. The van der Waals surface area contributed by atoms with Gasteiger partial charge in [-0.05, 0) is 37.6 Å². The summed E-state index contributed by atoms with van der Waals surface area (Å²) in [5.74, 6) is 0.274. The number of amides is 1. The van der Waals surface area contributed by atoms with Crippen LogP contribution in [0.2, 0.25) is 0 Å². The lowest BCUT2D eigenvalue weighted by Crippen LogP contribution is -2.36. The van der Waals surface area contributed by atoms with Gasteiger partial charge in [0.05, 0.1) is 5.92 Å². The second-order valence-electron chi connectivity index (χ2n) is 4.48. The number of nitrogens with one attached hydrogen (secondary N) is 2. The minimum absolute atomic E-state index is 0.116. The molecule has 2 rings (SSSR count). The van der Waals surface area contributed by atoms with Crippen LogP contribution in [0.4, 0.5) is 0 Å². The Morgan fingerprint density at radius 3 is 2.76 bits per heavy atom. The molecule has 1 saturated heterocycles. The SMILES string of the molecule is CC1NCCC1C(=O)NCc1ccc(Br)cc1.